The lowest BCUT2D eigenvalue weighted by atomic mass is 10.2. The van der Waals surface area contributed by atoms with E-state index in [0.29, 0.717) is 18.2 Å². The summed E-state index contributed by atoms with van der Waals surface area (Å²) < 4.78 is 0.148. The molecule has 0 aliphatic heterocycles. The van der Waals surface area contributed by atoms with Crippen LogP contribution in [0, 0.1) is 5.92 Å². The van der Waals surface area contributed by atoms with E-state index in [2.05, 4.69) is 26.1 Å². The summed E-state index contributed by atoms with van der Waals surface area (Å²) >= 11 is 1.67. The van der Waals surface area contributed by atoms with Gasteiger partial charge in [0.25, 0.3) is 0 Å². The van der Waals surface area contributed by atoms with Gasteiger partial charge < -0.3 is 11.1 Å². The quantitative estimate of drug-likeness (QED) is 0.750. The molecule has 15 heavy (non-hydrogen) atoms. The van der Waals surface area contributed by atoms with Crippen LogP contribution in [0.5, 0.6) is 0 Å². The fourth-order valence-electron chi connectivity index (χ4n) is 1.40. The number of hydrogen-bond donors (Lipinski definition) is 2. The van der Waals surface area contributed by atoms with Gasteiger partial charge in [-0.2, -0.15) is 0 Å². The van der Waals surface area contributed by atoms with Crippen molar-refractivity contribution in [3.05, 3.63) is 0 Å². The van der Waals surface area contributed by atoms with Crippen LogP contribution >= 0.6 is 11.8 Å². The Morgan fingerprint density at radius 3 is 2.53 bits per heavy atom. The summed E-state index contributed by atoms with van der Waals surface area (Å²) in [6.45, 7) is 6.92. The number of hydrogen-bond acceptors (Lipinski definition) is 3. The monoisotopic (exact) mass is 230 g/mol. The minimum absolute atomic E-state index is 0.122. The second kappa shape index (κ2) is 5.21. The van der Waals surface area contributed by atoms with Crippen molar-refractivity contribution in [3.63, 3.8) is 0 Å². The number of thioether (sulfide) groups is 1. The van der Waals surface area contributed by atoms with Gasteiger partial charge in [0.05, 0.1) is 5.75 Å². The molecule has 1 unspecified atom stereocenters. The van der Waals surface area contributed by atoms with Gasteiger partial charge in [0, 0.05) is 17.3 Å². The summed E-state index contributed by atoms with van der Waals surface area (Å²) in [7, 11) is 0. The van der Waals surface area contributed by atoms with E-state index in [-0.39, 0.29) is 16.7 Å². The van der Waals surface area contributed by atoms with Gasteiger partial charge in [0.15, 0.2) is 0 Å². The van der Waals surface area contributed by atoms with E-state index in [1.807, 2.05) is 0 Å². The van der Waals surface area contributed by atoms with E-state index in [9.17, 15) is 4.79 Å². The maximum absolute atomic E-state index is 11.6. The van der Waals surface area contributed by atoms with Crippen LogP contribution < -0.4 is 11.1 Å². The zero-order chi connectivity index (χ0) is 11.5. The van der Waals surface area contributed by atoms with Crippen molar-refractivity contribution in [2.75, 3.05) is 12.3 Å². The molecule has 3 nitrogen and oxygen atoms in total. The number of rotatable bonds is 5. The van der Waals surface area contributed by atoms with Crippen LogP contribution in [0.4, 0.5) is 0 Å². The fourth-order valence-corrected chi connectivity index (χ4v) is 2.05. The van der Waals surface area contributed by atoms with Gasteiger partial charge in [-0.3, -0.25) is 4.79 Å². The molecule has 1 rings (SSSR count). The first kappa shape index (κ1) is 12.8. The lowest BCUT2D eigenvalue weighted by Crippen LogP contribution is -2.42. The number of carbonyl (C=O) groups is 1. The van der Waals surface area contributed by atoms with Gasteiger partial charge in [-0.05, 0) is 18.8 Å². The molecule has 1 amide bonds. The molecule has 1 atom stereocenters. The Morgan fingerprint density at radius 2 is 2.13 bits per heavy atom. The van der Waals surface area contributed by atoms with Crippen molar-refractivity contribution in [2.45, 2.75) is 44.4 Å². The molecule has 0 bridgehead atoms. The van der Waals surface area contributed by atoms with Crippen LogP contribution in [0.1, 0.15) is 33.6 Å². The van der Waals surface area contributed by atoms with Crippen LogP contribution in [0.2, 0.25) is 0 Å². The zero-order valence-electron chi connectivity index (χ0n) is 9.88. The van der Waals surface area contributed by atoms with Crippen molar-refractivity contribution in [2.24, 2.45) is 11.7 Å². The molecule has 0 aromatic carbocycles. The van der Waals surface area contributed by atoms with Crippen LogP contribution in [-0.4, -0.2) is 29.0 Å². The van der Waals surface area contributed by atoms with Crippen LogP contribution in [0.15, 0.2) is 0 Å². The third-order valence-electron chi connectivity index (χ3n) is 2.43. The highest BCUT2D eigenvalue weighted by Gasteiger charge is 2.31. The molecule has 0 aromatic rings. The smallest absolute Gasteiger partial charge is 0.230 e. The first-order valence-electron chi connectivity index (χ1n) is 5.56. The number of carbonyl (C=O) groups excluding carboxylic acids is 1. The average molecular weight is 230 g/mol. The van der Waals surface area contributed by atoms with Crippen molar-refractivity contribution in [1.29, 1.82) is 0 Å². The van der Waals surface area contributed by atoms with Crippen LogP contribution in [-0.2, 0) is 4.79 Å². The van der Waals surface area contributed by atoms with E-state index in [4.69, 9.17) is 5.73 Å². The lowest BCUT2D eigenvalue weighted by molar-refractivity contribution is -0.119. The number of nitrogens with two attached hydrogens (primary N) is 1. The van der Waals surface area contributed by atoms with Crippen molar-refractivity contribution < 1.29 is 4.79 Å². The first-order chi connectivity index (χ1) is 6.92. The topological polar surface area (TPSA) is 55.1 Å². The van der Waals surface area contributed by atoms with Crippen molar-refractivity contribution in [1.82, 2.24) is 5.32 Å². The Hall–Kier alpha value is -0.220. The lowest BCUT2D eigenvalue weighted by Gasteiger charge is -2.19. The summed E-state index contributed by atoms with van der Waals surface area (Å²) in [5, 5.41) is 3.02. The normalized spacial score (nSPS) is 18.7. The molecular formula is C11H22N2OS. The standard InChI is InChI=1S/C11H22N2OS/c1-11(2,3)15-7-10(14)13-9(6-12)8-4-5-8/h8-9H,4-7,12H2,1-3H3,(H,13,14). The molecule has 4 heteroatoms. The molecule has 0 spiro atoms. The Kier molecular flexibility index (Phi) is 4.46. The third kappa shape index (κ3) is 5.42. The van der Waals surface area contributed by atoms with E-state index >= 15 is 0 Å². The summed E-state index contributed by atoms with van der Waals surface area (Å²) in [5.41, 5.74) is 5.62. The van der Waals surface area contributed by atoms with Gasteiger partial charge in [-0.15, -0.1) is 11.8 Å². The third-order valence-corrected chi connectivity index (χ3v) is 3.70. The van der Waals surface area contributed by atoms with E-state index in [1.165, 1.54) is 12.8 Å². The van der Waals surface area contributed by atoms with Gasteiger partial charge in [0.2, 0.25) is 5.91 Å². The Labute approximate surface area is 96.6 Å². The summed E-state index contributed by atoms with van der Waals surface area (Å²) in [6, 6.07) is 0.207. The Bertz CT molecular complexity index is 221. The van der Waals surface area contributed by atoms with Crippen molar-refractivity contribution in [3.8, 4) is 0 Å². The van der Waals surface area contributed by atoms with Gasteiger partial charge in [-0.25, -0.2) is 0 Å². The maximum atomic E-state index is 11.6. The van der Waals surface area contributed by atoms with Gasteiger partial charge in [0.1, 0.15) is 0 Å². The molecule has 0 radical (unpaired) electrons. The summed E-state index contributed by atoms with van der Waals surface area (Å²) in [6.07, 6.45) is 2.43. The van der Waals surface area contributed by atoms with E-state index in [1.54, 1.807) is 11.8 Å². The molecule has 1 aliphatic rings. The molecule has 3 N–H and O–H groups in total. The predicted octanol–water partition coefficient (Wildman–Crippen LogP) is 1.37. The predicted molar refractivity (Wildman–Crippen MR) is 65.9 cm³/mol. The molecule has 1 aliphatic carbocycles. The molecule has 88 valence electrons. The second-order valence-corrected chi connectivity index (χ2v) is 6.95. The average Bonchev–Trinajstić information content (AvgIpc) is 2.93. The van der Waals surface area contributed by atoms with Crippen LogP contribution in [0.3, 0.4) is 0 Å². The van der Waals surface area contributed by atoms with Gasteiger partial charge >= 0.3 is 0 Å². The highest BCUT2D eigenvalue weighted by Crippen LogP contribution is 2.32. The highest BCUT2D eigenvalue weighted by molar-refractivity contribution is 8.01. The summed E-state index contributed by atoms with van der Waals surface area (Å²) in [5.74, 6) is 1.29. The zero-order valence-corrected chi connectivity index (χ0v) is 10.7. The first-order valence-corrected chi connectivity index (χ1v) is 6.54. The second-order valence-electron chi connectivity index (χ2n) is 5.15. The minimum Gasteiger partial charge on any atom is -0.351 e. The molecule has 0 aromatic heterocycles. The van der Waals surface area contributed by atoms with E-state index in [0.717, 1.165) is 0 Å². The molecular weight excluding hydrogens is 208 g/mol. The van der Waals surface area contributed by atoms with Crippen LogP contribution in [0.25, 0.3) is 0 Å². The van der Waals surface area contributed by atoms with E-state index < -0.39 is 0 Å². The van der Waals surface area contributed by atoms with Gasteiger partial charge in [-0.1, -0.05) is 20.8 Å². The fraction of sp³-hybridized carbons (Fsp3) is 0.909. The maximum Gasteiger partial charge on any atom is 0.230 e. The minimum atomic E-state index is 0.122. The largest absolute Gasteiger partial charge is 0.351 e. The molecule has 1 saturated carbocycles. The summed E-state index contributed by atoms with van der Waals surface area (Å²) in [4.78, 5) is 11.6. The SMILES string of the molecule is CC(C)(C)SCC(=O)NC(CN)C1CC1. The number of amides is 1. The molecule has 0 heterocycles. The Balaban J connectivity index is 2.22. The highest BCUT2D eigenvalue weighted by atomic mass is 32.2. The molecule has 0 saturated heterocycles. The number of nitrogens with one attached hydrogen (secondary N) is 1. The Morgan fingerprint density at radius 1 is 1.53 bits per heavy atom. The molecule has 1 fully saturated rings. The van der Waals surface area contributed by atoms with Crippen molar-refractivity contribution >= 4 is 17.7 Å².